The molecule has 2 aliphatic rings. The maximum atomic E-state index is 13.2. The van der Waals surface area contributed by atoms with Crippen LogP contribution in [0.3, 0.4) is 0 Å². The molecule has 0 spiro atoms. The molecule has 1 saturated heterocycles. The maximum absolute atomic E-state index is 13.2. The highest BCUT2D eigenvalue weighted by molar-refractivity contribution is 5.76. The summed E-state index contributed by atoms with van der Waals surface area (Å²) in [5, 5.41) is 3.20. The Hall–Kier alpha value is -1.60. The third-order valence-corrected chi connectivity index (χ3v) is 4.84. The molecule has 0 unspecified atom stereocenters. The molecule has 7 heteroatoms. The van der Waals surface area contributed by atoms with Gasteiger partial charge < -0.3 is 10.2 Å². The lowest BCUT2D eigenvalue weighted by atomic mass is 10.1. The Kier molecular flexibility index (Phi) is 5.64. The Labute approximate surface area is 146 Å². The van der Waals surface area contributed by atoms with E-state index in [-0.39, 0.29) is 18.0 Å². The Balaban J connectivity index is 1.62. The van der Waals surface area contributed by atoms with Crippen molar-refractivity contribution >= 4 is 5.91 Å². The molecule has 0 bridgehead atoms. The summed E-state index contributed by atoms with van der Waals surface area (Å²) in [5.41, 5.74) is -0.286. The normalized spacial score (nSPS) is 18.6. The number of benzene rings is 1. The van der Waals surface area contributed by atoms with Crippen LogP contribution >= 0.6 is 0 Å². The largest absolute Gasteiger partial charge is 0.416 e. The maximum Gasteiger partial charge on any atom is 0.416 e. The molecule has 1 aliphatic heterocycles. The van der Waals surface area contributed by atoms with Crippen molar-refractivity contribution in [3.05, 3.63) is 35.4 Å². The first-order valence-electron chi connectivity index (χ1n) is 8.83. The number of hydrogen-bond acceptors (Lipinski definition) is 3. The van der Waals surface area contributed by atoms with E-state index in [0.29, 0.717) is 32.1 Å². The van der Waals surface area contributed by atoms with Gasteiger partial charge in [-0.2, -0.15) is 13.2 Å². The fourth-order valence-corrected chi connectivity index (χ4v) is 3.30. The van der Waals surface area contributed by atoms with E-state index < -0.39 is 11.7 Å². The van der Waals surface area contributed by atoms with Gasteiger partial charge in [0.1, 0.15) is 0 Å². The van der Waals surface area contributed by atoms with Crippen LogP contribution in [0.2, 0.25) is 0 Å². The van der Waals surface area contributed by atoms with Crippen molar-refractivity contribution < 1.29 is 18.0 Å². The minimum atomic E-state index is -4.34. The summed E-state index contributed by atoms with van der Waals surface area (Å²) in [6.45, 7) is 3.78. The summed E-state index contributed by atoms with van der Waals surface area (Å²) in [4.78, 5) is 16.2. The molecule has 1 saturated carbocycles. The standard InChI is InChI=1S/C18H24F3N3O/c19-18(20,21)16-4-2-1-3-14(16)13-24(15-5-6-15)10-7-17(25)23-11-8-22-9-12-23/h1-4,15,22H,5-13H2. The van der Waals surface area contributed by atoms with E-state index >= 15 is 0 Å². The van der Waals surface area contributed by atoms with Gasteiger partial charge in [-0.15, -0.1) is 0 Å². The number of hydrogen-bond donors (Lipinski definition) is 1. The van der Waals surface area contributed by atoms with Crippen molar-refractivity contribution in [2.24, 2.45) is 0 Å². The topological polar surface area (TPSA) is 35.6 Å². The van der Waals surface area contributed by atoms with Crippen LogP contribution in [-0.4, -0.2) is 54.5 Å². The molecule has 0 aromatic heterocycles. The summed E-state index contributed by atoms with van der Waals surface area (Å²) in [6, 6.07) is 6.03. The second-order valence-corrected chi connectivity index (χ2v) is 6.74. The first-order valence-corrected chi connectivity index (χ1v) is 8.83. The molecule has 4 nitrogen and oxygen atoms in total. The van der Waals surface area contributed by atoms with Gasteiger partial charge in [0.2, 0.25) is 5.91 Å². The van der Waals surface area contributed by atoms with Gasteiger partial charge in [-0.25, -0.2) is 0 Å². The Morgan fingerprint density at radius 2 is 1.88 bits per heavy atom. The van der Waals surface area contributed by atoms with Gasteiger partial charge in [0.05, 0.1) is 5.56 Å². The van der Waals surface area contributed by atoms with Crippen molar-refractivity contribution in [3.8, 4) is 0 Å². The number of alkyl halides is 3. The van der Waals surface area contributed by atoms with Crippen LogP contribution < -0.4 is 5.32 Å². The number of halogens is 3. The Morgan fingerprint density at radius 3 is 2.52 bits per heavy atom. The fourth-order valence-electron chi connectivity index (χ4n) is 3.30. The molecule has 138 valence electrons. The number of carbonyl (C=O) groups excluding carboxylic acids is 1. The zero-order valence-corrected chi connectivity index (χ0v) is 14.2. The van der Waals surface area contributed by atoms with E-state index in [4.69, 9.17) is 0 Å². The van der Waals surface area contributed by atoms with Crippen molar-refractivity contribution in [1.82, 2.24) is 15.1 Å². The highest BCUT2D eigenvalue weighted by atomic mass is 19.4. The third-order valence-electron chi connectivity index (χ3n) is 4.84. The van der Waals surface area contributed by atoms with Gasteiger partial charge >= 0.3 is 6.18 Å². The Morgan fingerprint density at radius 1 is 1.20 bits per heavy atom. The van der Waals surface area contributed by atoms with Crippen LogP contribution in [0.1, 0.15) is 30.4 Å². The first-order chi connectivity index (χ1) is 11.9. The van der Waals surface area contributed by atoms with Gasteiger partial charge in [-0.1, -0.05) is 18.2 Å². The molecule has 25 heavy (non-hydrogen) atoms. The predicted octanol–water partition coefficient (Wildman–Crippen LogP) is 2.49. The minimum Gasteiger partial charge on any atom is -0.340 e. The SMILES string of the molecule is O=C(CCN(Cc1ccccc1C(F)(F)F)C1CC1)N1CCNCC1. The molecular weight excluding hydrogens is 331 g/mol. The van der Waals surface area contributed by atoms with Crippen molar-refractivity contribution in [2.75, 3.05) is 32.7 Å². The quantitative estimate of drug-likeness (QED) is 0.852. The van der Waals surface area contributed by atoms with Gasteiger partial charge in [-0.05, 0) is 24.5 Å². The molecule has 2 fully saturated rings. The van der Waals surface area contributed by atoms with Gasteiger partial charge in [-0.3, -0.25) is 9.69 Å². The molecule has 1 amide bonds. The van der Waals surface area contributed by atoms with Crippen LogP contribution in [0.4, 0.5) is 13.2 Å². The van der Waals surface area contributed by atoms with Crippen LogP contribution in [0.5, 0.6) is 0 Å². The van der Waals surface area contributed by atoms with Crippen LogP contribution in [-0.2, 0) is 17.5 Å². The third kappa shape index (κ3) is 4.95. The second kappa shape index (κ2) is 7.74. The van der Waals surface area contributed by atoms with Crippen molar-refractivity contribution in [3.63, 3.8) is 0 Å². The Bertz CT molecular complexity index is 595. The highest BCUT2D eigenvalue weighted by Gasteiger charge is 2.35. The molecule has 1 aliphatic carbocycles. The average Bonchev–Trinajstić information content (AvgIpc) is 3.43. The predicted molar refractivity (Wildman–Crippen MR) is 88.9 cm³/mol. The van der Waals surface area contributed by atoms with Gasteiger partial charge in [0, 0.05) is 51.7 Å². The average molecular weight is 355 g/mol. The molecular formula is C18H24F3N3O. The minimum absolute atomic E-state index is 0.0938. The van der Waals surface area contributed by atoms with E-state index in [1.165, 1.54) is 12.1 Å². The van der Waals surface area contributed by atoms with Crippen LogP contribution in [0.15, 0.2) is 24.3 Å². The van der Waals surface area contributed by atoms with Crippen molar-refractivity contribution in [2.45, 2.75) is 38.0 Å². The number of amides is 1. The van der Waals surface area contributed by atoms with E-state index in [1.807, 2.05) is 9.80 Å². The summed E-state index contributed by atoms with van der Waals surface area (Å²) in [6.07, 6.45) is -1.99. The molecule has 0 atom stereocenters. The summed E-state index contributed by atoms with van der Waals surface area (Å²) >= 11 is 0. The van der Waals surface area contributed by atoms with Crippen LogP contribution in [0.25, 0.3) is 0 Å². The molecule has 1 heterocycles. The lowest BCUT2D eigenvalue weighted by Crippen LogP contribution is -2.47. The lowest BCUT2D eigenvalue weighted by molar-refractivity contribution is -0.138. The molecule has 1 aromatic carbocycles. The zero-order valence-electron chi connectivity index (χ0n) is 14.2. The highest BCUT2D eigenvalue weighted by Crippen LogP contribution is 2.34. The first kappa shape index (κ1) is 18.2. The summed E-state index contributed by atoms with van der Waals surface area (Å²) < 4.78 is 39.6. The fraction of sp³-hybridized carbons (Fsp3) is 0.611. The smallest absolute Gasteiger partial charge is 0.340 e. The molecule has 1 aromatic rings. The number of nitrogens with zero attached hydrogens (tertiary/aromatic N) is 2. The molecule has 1 N–H and O–H groups in total. The summed E-state index contributed by atoms with van der Waals surface area (Å²) in [7, 11) is 0. The number of carbonyl (C=O) groups is 1. The number of nitrogens with one attached hydrogen (secondary N) is 1. The van der Waals surface area contributed by atoms with E-state index in [2.05, 4.69) is 5.32 Å². The number of piperazine rings is 1. The van der Waals surface area contributed by atoms with Crippen LogP contribution in [0, 0.1) is 0 Å². The van der Waals surface area contributed by atoms with E-state index in [1.54, 1.807) is 6.07 Å². The monoisotopic (exact) mass is 355 g/mol. The summed E-state index contributed by atoms with van der Waals surface area (Å²) in [5.74, 6) is 0.0938. The molecule has 3 rings (SSSR count). The number of rotatable bonds is 6. The molecule has 0 radical (unpaired) electrons. The van der Waals surface area contributed by atoms with Gasteiger partial charge in [0.25, 0.3) is 0 Å². The lowest BCUT2D eigenvalue weighted by Gasteiger charge is -2.29. The van der Waals surface area contributed by atoms with E-state index in [0.717, 1.165) is 32.0 Å². The second-order valence-electron chi connectivity index (χ2n) is 6.74. The zero-order chi connectivity index (χ0) is 17.9. The van der Waals surface area contributed by atoms with Gasteiger partial charge in [0.15, 0.2) is 0 Å². The van der Waals surface area contributed by atoms with E-state index in [9.17, 15) is 18.0 Å². The van der Waals surface area contributed by atoms with Crippen molar-refractivity contribution in [1.29, 1.82) is 0 Å².